The number of rotatable bonds is 5. The molecule has 0 unspecified atom stereocenters. The number of hydrogen-bond donors (Lipinski definition) is 3. The van der Waals surface area contributed by atoms with Gasteiger partial charge in [0, 0.05) is 56.2 Å². The Balaban J connectivity index is 1.55. The smallest absolute Gasteiger partial charge is 0.165 e. The van der Waals surface area contributed by atoms with E-state index in [4.69, 9.17) is 9.15 Å². The zero-order chi connectivity index (χ0) is 19.8. The van der Waals surface area contributed by atoms with Crippen LogP contribution in [0.15, 0.2) is 47.0 Å². The number of para-hydroxylation sites is 1. The van der Waals surface area contributed by atoms with Crippen molar-refractivity contribution >= 4 is 21.9 Å². The molecule has 3 heterocycles. The highest BCUT2D eigenvalue weighted by Gasteiger charge is 2.22. The minimum Gasteiger partial charge on any atom is -0.504 e. The zero-order valence-electron chi connectivity index (χ0n) is 16.5. The van der Waals surface area contributed by atoms with E-state index in [2.05, 4.69) is 21.3 Å². The number of benzene rings is 2. The van der Waals surface area contributed by atoms with Crippen LogP contribution in [0.4, 0.5) is 0 Å². The first-order chi connectivity index (χ1) is 14.2. The van der Waals surface area contributed by atoms with Crippen molar-refractivity contribution in [2.45, 2.75) is 13.0 Å². The predicted molar refractivity (Wildman–Crippen MR) is 114 cm³/mol. The summed E-state index contributed by atoms with van der Waals surface area (Å²) < 4.78 is 11.9. The van der Waals surface area contributed by atoms with E-state index in [1.54, 1.807) is 7.11 Å². The van der Waals surface area contributed by atoms with Gasteiger partial charge in [-0.3, -0.25) is 4.90 Å². The molecule has 1 aliphatic rings. The third kappa shape index (κ3) is 3.24. The number of aromatic amines is 1. The normalized spacial score (nSPS) is 15.3. The molecule has 0 atom stereocenters. The molecule has 6 heteroatoms. The Kier molecular flexibility index (Phi) is 4.66. The number of methoxy groups -OCH3 is 1. The molecule has 2 aromatic carbocycles. The van der Waals surface area contributed by atoms with Gasteiger partial charge in [0.25, 0.3) is 0 Å². The number of hydrogen-bond acceptors (Lipinski definition) is 5. The van der Waals surface area contributed by atoms with Crippen molar-refractivity contribution in [2.75, 3.05) is 33.3 Å². The summed E-state index contributed by atoms with van der Waals surface area (Å²) in [4.78, 5) is 5.67. The second-order valence-corrected chi connectivity index (χ2v) is 7.56. The molecule has 0 spiro atoms. The van der Waals surface area contributed by atoms with Crippen LogP contribution in [0.5, 0.6) is 11.5 Å². The van der Waals surface area contributed by atoms with Gasteiger partial charge in [-0.25, -0.2) is 0 Å². The van der Waals surface area contributed by atoms with Gasteiger partial charge in [0.2, 0.25) is 0 Å². The molecule has 1 aliphatic heterocycles. The largest absolute Gasteiger partial charge is 0.504 e. The van der Waals surface area contributed by atoms with Crippen molar-refractivity contribution in [2.24, 2.45) is 0 Å². The number of fused-ring (bicyclic) bond motifs is 2. The number of aromatic nitrogens is 1. The molecule has 0 radical (unpaired) electrons. The first-order valence-electron chi connectivity index (χ1n) is 10.0. The molecule has 5 rings (SSSR count). The third-order valence-electron chi connectivity index (χ3n) is 5.80. The summed E-state index contributed by atoms with van der Waals surface area (Å²) >= 11 is 0. The summed E-state index contributed by atoms with van der Waals surface area (Å²) in [6.07, 6.45) is 2.51. The van der Waals surface area contributed by atoms with Crippen LogP contribution in [0.25, 0.3) is 21.9 Å². The number of nitrogens with one attached hydrogen (secondary N) is 2. The van der Waals surface area contributed by atoms with Crippen LogP contribution in [0.3, 0.4) is 0 Å². The van der Waals surface area contributed by atoms with Gasteiger partial charge in [0.1, 0.15) is 11.3 Å². The molecule has 4 aromatic rings. The van der Waals surface area contributed by atoms with Gasteiger partial charge in [-0.15, -0.1) is 0 Å². The Labute approximate surface area is 169 Å². The molecule has 1 fully saturated rings. The minimum absolute atomic E-state index is 0.217. The van der Waals surface area contributed by atoms with E-state index in [0.717, 1.165) is 71.5 Å². The fraction of sp³-hybridized carbons (Fsp3) is 0.304. The lowest BCUT2D eigenvalue weighted by Crippen LogP contribution is -2.42. The molecule has 0 saturated carbocycles. The Morgan fingerprint density at radius 3 is 2.76 bits per heavy atom. The van der Waals surface area contributed by atoms with Crippen molar-refractivity contribution < 1.29 is 14.3 Å². The molecule has 0 aliphatic carbocycles. The van der Waals surface area contributed by atoms with Crippen molar-refractivity contribution in [3.63, 3.8) is 0 Å². The molecule has 0 amide bonds. The highest BCUT2D eigenvalue weighted by atomic mass is 16.5. The van der Waals surface area contributed by atoms with Crippen LogP contribution in [0.2, 0.25) is 0 Å². The predicted octanol–water partition coefficient (Wildman–Crippen LogP) is 3.62. The lowest BCUT2D eigenvalue weighted by Gasteiger charge is -2.27. The van der Waals surface area contributed by atoms with Gasteiger partial charge in [0.05, 0.1) is 18.1 Å². The fourth-order valence-electron chi connectivity index (χ4n) is 4.24. The van der Waals surface area contributed by atoms with Crippen molar-refractivity contribution in [3.8, 4) is 11.5 Å². The molecular formula is C23H25N3O3. The molecule has 0 bridgehead atoms. The summed E-state index contributed by atoms with van der Waals surface area (Å²) in [6, 6.07) is 12.0. The number of piperazine rings is 1. The maximum Gasteiger partial charge on any atom is 0.165 e. The maximum atomic E-state index is 10.9. The topological polar surface area (TPSA) is 73.7 Å². The van der Waals surface area contributed by atoms with Crippen LogP contribution in [-0.4, -0.2) is 48.3 Å². The first kappa shape index (κ1) is 18.1. The maximum absolute atomic E-state index is 10.9. The number of furan rings is 1. The van der Waals surface area contributed by atoms with E-state index in [9.17, 15) is 5.11 Å². The summed E-state index contributed by atoms with van der Waals surface area (Å²) in [6.45, 7) is 4.66. The molecule has 2 aromatic heterocycles. The van der Waals surface area contributed by atoms with Crippen molar-refractivity contribution in [1.29, 1.82) is 0 Å². The van der Waals surface area contributed by atoms with E-state index < -0.39 is 0 Å². The highest BCUT2D eigenvalue weighted by molar-refractivity contribution is 5.90. The second kappa shape index (κ2) is 7.46. The molecule has 1 saturated heterocycles. The Hall–Kier alpha value is -2.96. The summed E-state index contributed by atoms with van der Waals surface area (Å²) in [5.74, 6) is 1.59. The van der Waals surface area contributed by atoms with Crippen molar-refractivity contribution in [1.82, 2.24) is 15.2 Å². The van der Waals surface area contributed by atoms with Gasteiger partial charge in [-0.1, -0.05) is 18.2 Å². The van der Waals surface area contributed by atoms with E-state index in [-0.39, 0.29) is 5.75 Å². The summed E-state index contributed by atoms with van der Waals surface area (Å²) in [5.41, 5.74) is 3.90. The molecule has 150 valence electrons. The van der Waals surface area contributed by atoms with Gasteiger partial charge in [-0.2, -0.15) is 0 Å². The van der Waals surface area contributed by atoms with Gasteiger partial charge in [-0.05, 0) is 23.8 Å². The second-order valence-electron chi connectivity index (χ2n) is 7.56. The summed E-state index contributed by atoms with van der Waals surface area (Å²) in [5, 5.41) is 16.2. The quantitative estimate of drug-likeness (QED) is 0.485. The molecule has 29 heavy (non-hydrogen) atoms. The van der Waals surface area contributed by atoms with Gasteiger partial charge in [0.15, 0.2) is 11.5 Å². The Morgan fingerprint density at radius 1 is 1.10 bits per heavy atom. The van der Waals surface area contributed by atoms with E-state index in [1.807, 2.05) is 36.5 Å². The third-order valence-corrected chi connectivity index (χ3v) is 5.80. The minimum atomic E-state index is 0.217. The number of H-pyrrole nitrogens is 1. The van der Waals surface area contributed by atoms with Crippen LogP contribution < -0.4 is 10.1 Å². The SMILES string of the molecule is COc1ccc2c(O)c(Cc3c[nH]c4ccccc34)oc2c1CN1CCNCC1. The van der Waals surface area contributed by atoms with Crippen LogP contribution in [-0.2, 0) is 13.0 Å². The number of nitrogens with zero attached hydrogens (tertiary/aromatic N) is 1. The molecular weight excluding hydrogens is 366 g/mol. The Morgan fingerprint density at radius 2 is 1.93 bits per heavy atom. The van der Waals surface area contributed by atoms with Crippen LogP contribution in [0.1, 0.15) is 16.9 Å². The van der Waals surface area contributed by atoms with Crippen molar-refractivity contribution in [3.05, 3.63) is 59.5 Å². The Bertz CT molecular complexity index is 1160. The summed E-state index contributed by atoms with van der Waals surface area (Å²) in [7, 11) is 1.68. The average Bonchev–Trinajstić information content (AvgIpc) is 3.31. The standard InChI is InChI=1S/C23H25N3O3/c1-28-20-7-6-17-22(27)21(12-15-13-25-19-5-3-2-4-16(15)19)29-23(17)18(20)14-26-10-8-24-9-11-26/h2-7,13,24-25,27H,8-12,14H2,1H3. The first-order valence-corrected chi connectivity index (χ1v) is 10.0. The van der Waals surface area contributed by atoms with E-state index >= 15 is 0 Å². The molecule has 3 N–H and O–H groups in total. The molecule has 6 nitrogen and oxygen atoms in total. The van der Waals surface area contributed by atoms with E-state index in [0.29, 0.717) is 12.2 Å². The van der Waals surface area contributed by atoms with Crippen LogP contribution >= 0.6 is 0 Å². The average molecular weight is 391 g/mol. The lowest BCUT2D eigenvalue weighted by molar-refractivity contribution is 0.230. The lowest BCUT2D eigenvalue weighted by atomic mass is 10.1. The van der Waals surface area contributed by atoms with Crippen LogP contribution in [0, 0.1) is 0 Å². The van der Waals surface area contributed by atoms with Gasteiger partial charge >= 0.3 is 0 Å². The zero-order valence-corrected chi connectivity index (χ0v) is 16.5. The number of ether oxygens (including phenoxy) is 1. The monoisotopic (exact) mass is 391 g/mol. The van der Waals surface area contributed by atoms with Gasteiger partial charge < -0.3 is 24.6 Å². The van der Waals surface area contributed by atoms with E-state index in [1.165, 1.54) is 0 Å². The number of aromatic hydroxyl groups is 1. The fourth-order valence-corrected chi connectivity index (χ4v) is 4.24. The highest BCUT2D eigenvalue weighted by Crippen LogP contribution is 2.39.